The molecule has 35 heavy (non-hydrogen) atoms. The Hall–Kier alpha value is -3.73. The van der Waals surface area contributed by atoms with Crippen molar-refractivity contribution in [3.8, 4) is 5.75 Å². The number of nitro groups is 1. The number of anilines is 2. The first kappa shape index (κ1) is 25.9. The van der Waals surface area contributed by atoms with Crippen molar-refractivity contribution in [1.29, 1.82) is 0 Å². The lowest BCUT2D eigenvalue weighted by Gasteiger charge is -2.37. The third-order valence-electron chi connectivity index (χ3n) is 5.52. The standard InChI is InChI=1S/C24H29N5O5S/c1-4-34-21-10-9-17(15-20(21)29(32)33)22(30)26-24(35)25-18-7-5-6-8-19(18)27-11-13-28(14-12-27)23(31)16(2)3/h5-10,15-16H,4,11-14H2,1-3H3,(H2,25,26,30,35). The topological polar surface area (TPSA) is 117 Å². The van der Waals surface area contributed by atoms with Gasteiger partial charge in [0, 0.05) is 43.7 Å². The molecule has 2 aromatic rings. The second-order valence-electron chi connectivity index (χ2n) is 8.27. The van der Waals surface area contributed by atoms with Gasteiger partial charge in [0.25, 0.3) is 5.91 Å². The van der Waals surface area contributed by atoms with Crippen LogP contribution in [0.25, 0.3) is 0 Å². The Labute approximate surface area is 209 Å². The number of piperazine rings is 1. The molecule has 0 radical (unpaired) electrons. The summed E-state index contributed by atoms with van der Waals surface area (Å²) >= 11 is 5.33. The summed E-state index contributed by atoms with van der Waals surface area (Å²) in [5.74, 6) is -0.367. The fourth-order valence-electron chi connectivity index (χ4n) is 3.80. The van der Waals surface area contributed by atoms with Crippen LogP contribution in [0.5, 0.6) is 5.75 Å². The summed E-state index contributed by atoms with van der Waals surface area (Å²) in [6.07, 6.45) is 0. The van der Waals surface area contributed by atoms with Crippen molar-refractivity contribution in [2.24, 2.45) is 5.92 Å². The van der Waals surface area contributed by atoms with E-state index in [2.05, 4.69) is 15.5 Å². The molecular formula is C24H29N5O5S. The van der Waals surface area contributed by atoms with E-state index in [-0.39, 0.29) is 40.5 Å². The molecule has 186 valence electrons. The van der Waals surface area contributed by atoms with E-state index in [4.69, 9.17) is 17.0 Å². The lowest BCUT2D eigenvalue weighted by atomic mass is 10.1. The minimum Gasteiger partial charge on any atom is -0.487 e. The summed E-state index contributed by atoms with van der Waals surface area (Å²) in [7, 11) is 0. The fraction of sp³-hybridized carbons (Fsp3) is 0.375. The summed E-state index contributed by atoms with van der Waals surface area (Å²) in [6.45, 7) is 8.38. The first-order valence-corrected chi connectivity index (χ1v) is 11.8. The van der Waals surface area contributed by atoms with E-state index in [1.807, 2.05) is 43.0 Å². The molecule has 0 spiro atoms. The Bertz CT molecular complexity index is 1120. The third-order valence-corrected chi connectivity index (χ3v) is 5.73. The number of amides is 2. The molecule has 10 nitrogen and oxygen atoms in total. The maximum absolute atomic E-state index is 12.7. The fourth-order valence-corrected chi connectivity index (χ4v) is 4.00. The lowest BCUT2D eigenvalue weighted by molar-refractivity contribution is -0.385. The van der Waals surface area contributed by atoms with Crippen LogP contribution in [0.3, 0.4) is 0 Å². The minimum absolute atomic E-state index is 0.0340. The average molecular weight is 500 g/mol. The second kappa shape index (κ2) is 11.6. The normalized spacial score (nSPS) is 13.4. The molecule has 0 bridgehead atoms. The molecule has 1 saturated heterocycles. The Morgan fingerprint density at radius 2 is 1.83 bits per heavy atom. The molecule has 11 heteroatoms. The molecule has 1 aliphatic rings. The van der Waals surface area contributed by atoms with Crippen LogP contribution >= 0.6 is 12.2 Å². The predicted octanol–water partition coefficient (Wildman–Crippen LogP) is 3.42. The van der Waals surface area contributed by atoms with Gasteiger partial charge in [0.1, 0.15) is 0 Å². The maximum atomic E-state index is 12.7. The van der Waals surface area contributed by atoms with Gasteiger partial charge in [-0.2, -0.15) is 0 Å². The highest BCUT2D eigenvalue weighted by Gasteiger charge is 2.24. The first-order chi connectivity index (χ1) is 16.7. The molecular weight excluding hydrogens is 470 g/mol. The van der Waals surface area contributed by atoms with E-state index < -0.39 is 10.8 Å². The van der Waals surface area contributed by atoms with Gasteiger partial charge in [-0.15, -0.1) is 0 Å². The van der Waals surface area contributed by atoms with E-state index >= 15 is 0 Å². The Morgan fingerprint density at radius 1 is 1.14 bits per heavy atom. The predicted molar refractivity (Wildman–Crippen MR) is 138 cm³/mol. The molecule has 3 rings (SSSR count). The van der Waals surface area contributed by atoms with Crippen molar-refractivity contribution in [2.75, 3.05) is 43.0 Å². The van der Waals surface area contributed by atoms with Gasteiger partial charge in [-0.1, -0.05) is 26.0 Å². The van der Waals surface area contributed by atoms with Gasteiger partial charge in [0.15, 0.2) is 10.9 Å². The van der Waals surface area contributed by atoms with Crippen molar-refractivity contribution < 1.29 is 19.2 Å². The third kappa shape index (κ3) is 6.44. The molecule has 2 N–H and O–H groups in total. The van der Waals surface area contributed by atoms with Crippen molar-refractivity contribution in [3.63, 3.8) is 0 Å². The van der Waals surface area contributed by atoms with Crippen LogP contribution in [-0.2, 0) is 4.79 Å². The number of thiocarbonyl (C=S) groups is 1. The number of carbonyl (C=O) groups is 2. The van der Waals surface area contributed by atoms with E-state index in [0.29, 0.717) is 31.9 Å². The summed E-state index contributed by atoms with van der Waals surface area (Å²) in [6, 6.07) is 11.6. The van der Waals surface area contributed by atoms with Gasteiger partial charge >= 0.3 is 5.69 Å². The molecule has 1 heterocycles. The van der Waals surface area contributed by atoms with Crippen LogP contribution in [0.15, 0.2) is 42.5 Å². The Kier molecular flexibility index (Phi) is 8.58. The SMILES string of the molecule is CCOc1ccc(C(=O)NC(=S)Nc2ccccc2N2CCN(C(=O)C(C)C)CC2)cc1[N+](=O)[O-]. The molecule has 1 fully saturated rings. The molecule has 0 saturated carbocycles. The summed E-state index contributed by atoms with van der Waals surface area (Å²) in [5.41, 5.74) is 1.40. The number of ether oxygens (including phenoxy) is 1. The van der Waals surface area contributed by atoms with Gasteiger partial charge in [-0.05, 0) is 43.4 Å². The quantitative estimate of drug-likeness (QED) is 0.338. The lowest BCUT2D eigenvalue weighted by Crippen LogP contribution is -2.50. The number of hydrogen-bond acceptors (Lipinski definition) is 7. The van der Waals surface area contributed by atoms with Crippen LogP contribution in [0, 0.1) is 16.0 Å². The number of nitrogens with zero attached hydrogens (tertiary/aromatic N) is 3. The molecule has 1 aliphatic heterocycles. The highest BCUT2D eigenvalue weighted by atomic mass is 32.1. The van der Waals surface area contributed by atoms with Gasteiger partial charge in [0.2, 0.25) is 5.91 Å². The second-order valence-corrected chi connectivity index (χ2v) is 8.67. The highest BCUT2D eigenvalue weighted by Crippen LogP contribution is 2.29. The summed E-state index contributed by atoms with van der Waals surface area (Å²) in [5, 5.41) is 17.0. The molecule has 2 amide bonds. The van der Waals surface area contributed by atoms with Crippen LogP contribution in [-0.4, -0.2) is 59.5 Å². The van der Waals surface area contributed by atoms with Crippen molar-refractivity contribution in [2.45, 2.75) is 20.8 Å². The van der Waals surface area contributed by atoms with Crippen molar-refractivity contribution >= 4 is 46.2 Å². The Morgan fingerprint density at radius 3 is 2.46 bits per heavy atom. The smallest absolute Gasteiger partial charge is 0.311 e. The number of rotatable bonds is 7. The van der Waals surface area contributed by atoms with Crippen LogP contribution in [0.1, 0.15) is 31.1 Å². The molecule has 2 aromatic carbocycles. The largest absolute Gasteiger partial charge is 0.487 e. The number of nitrogens with one attached hydrogen (secondary N) is 2. The average Bonchev–Trinajstić information content (AvgIpc) is 2.84. The molecule has 0 aliphatic carbocycles. The van der Waals surface area contributed by atoms with E-state index in [0.717, 1.165) is 11.8 Å². The van der Waals surface area contributed by atoms with Crippen LogP contribution in [0.4, 0.5) is 17.1 Å². The van der Waals surface area contributed by atoms with E-state index in [9.17, 15) is 19.7 Å². The van der Waals surface area contributed by atoms with Gasteiger partial charge in [-0.25, -0.2) is 0 Å². The number of hydrogen-bond donors (Lipinski definition) is 2. The number of para-hydroxylation sites is 2. The zero-order valence-electron chi connectivity index (χ0n) is 19.9. The zero-order valence-corrected chi connectivity index (χ0v) is 20.8. The number of carbonyl (C=O) groups excluding carboxylic acids is 2. The van der Waals surface area contributed by atoms with Crippen LogP contribution < -0.4 is 20.3 Å². The first-order valence-electron chi connectivity index (χ1n) is 11.4. The van der Waals surface area contributed by atoms with Crippen LogP contribution in [0.2, 0.25) is 0 Å². The maximum Gasteiger partial charge on any atom is 0.311 e. The summed E-state index contributed by atoms with van der Waals surface area (Å²) < 4.78 is 5.26. The van der Waals surface area contributed by atoms with Crippen molar-refractivity contribution in [3.05, 3.63) is 58.1 Å². The minimum atomic E-state index is -0.594. The van der Waals surface area contributed by atoms with Gasteiger partial charge < -0.3 is 19.9 Å². The molecule has 0 aromatic heterocycles. The van der Waals surface area contributed by atoms with E-state index in [1.165, 1.54) is 12.1 Å². The molecule has 0 unspecified atom stereocenters. The van der Waals surface area contributed by atoms with Crippen molar-refractivity contribution in [1.82, 2.24) is 10.2 Å². The zero-order chi connectivity index (χ0) is 25.5. The summed E-state index contributed by atoms with van der Waals surface area (Å²) in [4.78, 5) is 39.7. The monoisotopic (exact) mass is 499 g/mol. The van der Waals surface area contributed by atoms with E-state index in [1.54, 1.807) is 6.92 Å². The van der Waals surface area contributed by atoms with Gasteiger partial charge in [-0.3, -0.25) is 25.0 Å². The molecule has 0 atom stereocenters. The Balaban J connectivity index is 1.66. The number of nitro benzene ring substituents is 1. The highest BCUT2D eigenvalue weighted by molar-refractivity contribution is 7.80. The van der Waals surface area contributed by atoms with Gasteiger partial charge in [0.05, 0.1) is 22.9 Å². The number of benzene rings is 2.